The maximum Gasteiger partial charge on any atom is 0.397 e. The molecule has 0 aliphatic rings. The molecule has 2 aromatic carbocycles. The molecule has 1 N–H and O–H groups in total. The number of halogens is 5. The van der Waals surface area contributed by atoms with Gasteiger partial charge in [-0.3, -0.25) is 4.79 Å². The number of hydrogen-bond acceptors (Lipinski definition) is 3. The van der Waals surface area contributed by atoms with Crippen LogP contribution in [0.25, 0.3) is 11.3 Å². The first-order valence-corrected chi connectivity index (χ1v) is 8.03. The van der Waals surface area contributed by atoms with E-state index in [-0.39, 0.29) is 17.1 Å². The van der Waals surface area contributed by atoms with Gasteiger partial charge in [0.2, 0.25) is 5.89 Å². The van der Waals surface area contributed by atoms with Crippen LogP contribution in [0.1, 0.15) is 22.0 Å². The molecule has 4 nitrogen and oxygen atoms in total. The third kappa shape index (κ3) is 4.36. The minimum absolute atomic E-state index is 0.212. The zero-order valence-electron chi connectivity index (χ0n) is 14.4. The first-order chi connectivity index (χ1) is 13.1. The van der Waals surface area contributed by atoms with Crippen LogP contribution in [0.2, 0.25) is 0 Å². The first-order valence-electron chi connectivity index (χ1n) is 8.03. The largest absolute Gasteiger partial charge is 0.445 e. The number of aromatic nitrogens is 1. The van der Waals surface area contributed by atoms with E-state index >= 15 is 0 Å². The SMILES string of the molecule is Cc1oc(CC(F)(F)F)nc1-c1ccc(NC(=O)c2c(F)cccc2F)cc1. The monoisotopic (exact) mass is 396 g/mol. The lowest BCUT2D eigenvalue weighted by Gasteiger charge is -2.07. The average molecular weight is 396 g/mol. The number of anilines is 1. The van der Waals surface area contributed by atoms with Gasteiger partial charge in [-0.25, -0.2) is 13.8 Å². The molecule has 28 heavy (non-hydrogen) atoms. The van der Waals surface area contributed by atoms with Gasteiger partial charge in [0.05, 0.1) is 0 Å². The summed E-state index contributed by atoms with van der Waals surface area (Å²) in [5, 5.41) is 2.36. The zero-order valence-corrected chi connectivity index (χ0v) is 14.4. The minimum atomic E-state index is -4.44. The van der Waals surface area contributed by atoms with Gasteiger partial charge in [0, 0.05) is 11.3 Å². The maximum absolute atomic E-state index is 13.7. The summed E-state index contributed by atoms with van der Waals surface area (Å²) in [7, 11) is 0. The Kier molecular flexibility index (Phi) is 5.17. The van der Waals surface area contributed by atoms with Crippen LogP contribution in [0, 0.1) is 18.6 Å². The highest BCUT2D eigenvalue weighted by atomic mass is 19.4. The Bertz CT molecular complexity index is 990. The van der Waals surface area contributed by atoms with Gasteiger partial charge in [-0.05, 0) is 31.2 Å². The van der Waals surface area contributed by atoms with E-state index in [0.29, 0.717) is 5.56 Å². The molecule has 3 rings (SSSR count). The van der Waals surface area contributed by atoms with Gasteiger partial charge in [0.1, 0.15) is 35.1 Å². The number of amides is 1. The van der Waals surface area contributed by atoms with Crippen molar-refractivity contribution in [3.63, 3.8) is 0 Å². The Morgan fingerprint density at radius 3 is 2.25 bits per heavy atom. The molecule has 9 heteroatoms. The van der Waals surface area contributed by atoms with E-state index in [1.807, 2.05) is 0 Å². The molecule has 0 aliphatic carbocycles. The molecule has 0 aliphatic heterocycles. The van der Waals surface area contributed by atoms with Gasteiger partial charge in [-0.1, -0.05) is 18.2 Å². The Morgan fingerprint density at radius 1 is 1.07 bits per heavy atom. The fourth-order valence-electron chi connectivity index (χ4n) is 2.59. The number of benzene rings is 2. The highest BCUT2D eigenvalue weighted by Gasteiger charge is 2.31. The Morgan fingerprint density at radius 2 is 1.68 bits per heavy atom. The highest BCUT2D eigenvalue weighted by molar-refractivity contribution is 6.04. The van der Waals surface area contributed by atoms with Crippen LogP contribution in [0.3, 0.4) is 0 Å². The summed E-state index contributed by atoms with van der Waals surface area (Å²) in [5.74, 6) is -3.20. The van der Waals surface area contributed by atoms with Gasteiger partial charge in [-0.2, -0.15) is 13.2 Å². The van der Waals surface area contributed by atoms with Crippen molar-refractivity contribution in [1.82, 2.24) is 4.98 Å². The van der Waals surface area contributed by atoms with Crippen LogP contribution in [-0.4, -0.2) is 17.1 Å². The quantitative estimate of drug-likeness (QED) is 0.610. The molecule has 0 fully saturated rings. The second-order valence-electron chi connectivity index (χ2n) is 5.93. The summed E-state index contributed by atoms with van der Waals surface area (Å²) in [4.78, 5) is 15.9. The highest BCUT2D eigenvalue weighted by Crippen LogP contribution is 2.28. The standard InChI is InChI=1S/C19H13F5N2O2/c1-10-17(26-15(28-10)9-19(22,23)24)11-5-7-12(8-6-11)25-18(27)16-13(20)3-2-4-14(16)21/h2-8H,9H2,1H3,(H,25,27). The van der Waals surface area contributed by atoms with Gasteiger partial charge in [-0.15, -0.1) is 0 Å². The van der Waals surface area contributed by atoms with E-state index in [1.54, 1.807) is 0 Å². The number of nitrogens with zero attached hydrogens (tertiary/aromatic N) is 1. The lowest BCUT2D eigenvalue weighted by atomic mass is 10.1. The van der Waals surface area contributed by atoms with E-state index in [0.717, 1.165) is 18.2 Å². The predicted octanol–water partition coefficient (Wildman–Crippen LogP) is 5.29. The minimum Gasteiger partial charge on any atom is -0.445 e. The molecule has 0 spiro atoms. The van der Waals surface area contributed by atoms with E-state index in [9.17, 15) is 26.7 Å². The van der Waals surface area contributed by atoms with Gasteiger partial charge >= 0.3 is 6.18 Å². The average Bonchev–Trinajstić information content (AvgIpc) is 2.93. The van der Waals surface area contributed by atoms with Crippen molar-refractivity contribution in [2.45, 2.75) is 19.5 Å². The lowest BCUT2D eigenvalue weighted by Crippen LogP contribution is -2.15. The Balaban J connectivity index is 1.78. The molecule has 0 radical (unpaired) electrons. The smallest absolute Gasteiger partial charge is 0.397 e. The van der Waals surface area contributed by atoms with Crippen molar-refractivity contribution in [2.75, 3.05) is 5.32 Å². The normalized spacial score (nSPS) is 11.5. The fraction of sp³-hybridized carbons (Fsp3) is 0.158. The molecule has 1 amide bonds. The summed E-state index contributed by atoms with van der Waals surface area (Å²) < 4.78 is 69.7. The van der Waals surface area contributed by atoms with Gasteiger partial charge in [0.15, 0.2) is 0 Å². The summed E-state index contributed by atoms with van der Waals surface area (Å²) in [6.07, 6.45) is -5.72. The lowest BCUT2D eigenvalue weighted by molar-refractivity contribution is -0.130. The number of carbonyl (C=O) groups excluding carboxylic acids is 1. The van der Waals surface area contributed by atoms with E-state index in [1.165, 1.54) is 31.2 Å². The topological polar surface area (TPSA) is 55.1 Å². The maximum atomic E-state index is 13.7. The van der Waals surface area contributed by atoms with Gasteiger partial charge in [0.25, 0.3) is 5.91 Å². The van der Waals surface area contributed by atoms with Crippen LogP contribution >= 0.6 is 0 Å². The van der Waals surface area contributed by atoms with E-state index < -0.39 is 41.6 Å². The molecule has 146 valence electrons. The van der Waals surface area contributed by atoms with Gasteiger partial charge < -0.3 is 9.73 Å². The second kappa shape index (κ2) is 7.41. The number of oxazole rings is 1. The number of hydrogen-bond donors (Lipinski definition) is 1. The number of rotatable bonds is 4. The van der Waals surface area contributed by atoms with Crippen molar-refractivity contribution in [2.24, 2.45) is 0 Å². The van der Waals surface area contributed by atoms with Crippen molar-refractivity contribution in [3.05, 3.63) is 71.3 Å². The predicted molar refractivity (Wildman–Crippen MR) is 90.7 cm³/mol. The van der Waals surface area contributed by atoms with Crippen LogP contribution in [0.15, 0.2) is 46.9 Å². The second-order valence-corrected chi connectivity index (χ2v) is 5.93. The van der Waals surface area contributed by atoms with E-state index in [4.69, 9.17) is 4.42 Å². The summed E-state index contributed by atoms with van der Waals surface area (Å²) in [5.41, 5.74) is 0.228. The molecular weight excluding hydrogens is 383 g/mol. The molecule has 0 unspecified atom stereocenters. The van der Waals surface area contributed by atoms with E-state index in [2.05, 4.69) is 10.3 Å². The number of nitrogens with one attached hydrogen (secondary N) is 1. The zero-order chi connectivity index (χ0) is 20.5. The Labute approximate surface area is 156 Å². The molecule has 0 saturated heterocycles. The molecule has 0 bridgehead atoms. The molecule has 0 atom stereocenters. The molecule has 3 aromatic rings. The third-order valence-electron chi connectivity index (χ3n) is 3.80. The summed E-state index contributed by atoms with van der Waals surface area (Å²) >= 11 is 0. The Hall–Kier alpha value is -3.23. The number of aryl methyl sites for hydroxylation is 1. The van der Waals surface area contributed by atoms with Crippen molar-refractivity contribution in [1.29, 1.82) is 0 Å². The number of alkyl halides is 3. The molecule has 0 saturated carbocycles. The fourth-order valence-corrected chi connectivity index (χ4v) is 2.59. The van der Waals surface area contributed by atoms with Crippen LogP contribution in [-0.2, 0) is 6.42 Å². The van der Waals surface area contributed by atoms with Crippen molar-refractivity contribution in [3.8, 4) is 11.3 Å². The van der Waals surface area contributed by atoms with Crippen LogP contribution in [0.4, 0.5) is 27.6 Å². The third-order valence-corrected chi connectivity index (χ3v) is 3.80. The van der Waals surface area contributed by atoms with Crippen molar-refractivity contribution < 1.29 is 31.2 Å². The molecule has 1 aromatic heterocycles. The molecular formula is C19H13F5N2O2. The molecule has 1 heterocycles. The summed E-state index contributed by atoms with van der Waals surface area (Å²) in [6, 6.07) is 8.93. The summed E-state index contributed by atoms with van der Waals surface area (Å²) in [6.45, 7) is 1.48. The van der Waals surface area contributed by atoms with Crippen molar-refractivity contribution >= 4 is 11.6 Å². The number of carbonyl (C=O) groups is 1. The van der Waals surface area contributed by atoms with Crippen LogP contribution < -0.4 is 5.32 Å². The first kappa shape index (κ1) is 19.5. The van der Waals surface area contributed by atoms with Crippen LogP contribution in [0.5, 0.6) is 0 Å².